The van der Waals surface area contributed by atoms with Crippen molar-refractivity contribution in [3.8, 4) is 0 Å². The van der Waals surface area contributed by atoms with Crippen LogP contribution in [0.15, 0.2) is 64.3 Å². The van der Waals surface area contributed by atoms with Gasteiger partial charge in [-0.15, -0.1) is 6.58 Å². The minimum atomic E-state index is -0.765. The van der Waals surface area contributed by atoms with Crippen molar-refractivity contribution in [3.05, 3.63) is 75.7 Å². The van der Waals surface area contributed by atoms with Gasteiger partial charge in [-0.3, -0.25) is 10.1 Å². The number of hydrogen-bond acceptors (Lipinski definition) is 9. The Hall–Kier alpha value is -3.66. The molecule has 31 heavy (non-hydrogen) atoms. The molecule has 2 heterocycles. The molecule has 1 aliphatic rings. The summed E-state index contributed by atoms with van der Waals surface area (Å²) in [5, 5.41) is 20.1. The smallest absolute Gasteiger partial charge is 0.433 e. The largest absolute Gasteiger partial charge is 0.465 e. The molecule has 1 aromatic heterocycles. The van der Waals surface area contributed by atoms with Gasteiger partial charge in [0.15, 0.2) is 0 Å². The van der Waals surface area contributed by atoms with Crippen molar-refractivity contribution >= 4 is 17.8 Å². The second-order valence-corrected chi connectivity index (χ2v) is 6.55. The number of aliphatic hydroxyl groups excluding tert-OH is 1. The molecule has 0 amide bonds. The highest BCUT2D eigenvalue weighted by Crippen LogP contribution is 2.27. The van der Waals surface area contributed by atoms with Crippen molar-refractivity contribution < 1.29 is 33.5 Å². The van der Waals surface area contributed by atoms with E-state index in [0.717, 1.165) is 0 Å². The molecule has 0 fully saturated rings. The molecule has 1 aromatic rings. The molecule has 2 rings (SSSR count). The van der Waals surface area contributed by atoms with Gasteiger partial charge in [0.1, 0.15) is 10.7 Å². The number of rotatable bonds is 9. The van der Waals surface area contributed by atoms with Crippen LogP contribution in [0.3, 0.4) is 0 Å². The Bertz CT molecular complexity index is 941. The predicted octanol–water partition coefficient (Wildman–Crippen LogP) is 2.41. The Morgan fingerprint density at radius 2 is 1.97 bits per heavy atom. The van der Waals surface area contributed by atoms with Crippen LogP contribution in [-0.4, -0.2) is 53.7 Å². The first kappa shape index (κ1) is 23.6. The number of carbonyl (C=O) groups is 2. The third kappa shape index (κ3) is 5.92. The SMILES string of the molecule is C=CC1C=C(CCCO)C=C(C(=O)OC)C(C(=O)OC)=CN1Cc1ccc([N+](=O)[O-])o1. The summed E-state index contributed by atoms with van der Waals surface area (Å²) in [6.07, 6.45) is 7.22. The molecule has 1 N–H and O–H groups in total. The lowest BCUT2D eigenvalue weighted by Crippen LogP contribution is -2.30. The van der Waals surface area contributed by atoms with E-state index >= 15 is 0 Å². The van der Waals surface area contributed by atoms with Gasteiger partial charge < -0.3 is 23.9 Å². The summed E-state index contributed by atoms with van der Waals surface area (Å²) in [7, 11) is 2.38. The molecule has 1 aliphatic heterocycles. The number of carbonyl (C=O) groups excluding carboxylic acids is 2. The lowest BCUT2D eigenvalue weighted by molar-refractivity contribution is -0.402. The summed E-state index contributed by atoms with van der Waals surface area (Å²) >= 11 is 0. The standard InChI is InChI=1S/C21H24N2O8/c1-4-15-10-14(6-5-9-24)11-17(20(25)29-2)18(21(26)30-3)13-22(15)12-16-7-8-19(31-16)23(27)28/h4,7-8,10-11,13,15,24H,1,5-6,9,12H2,2-3H3. The van der Waals surface area contributed by atoms with Crippen LogP contribution in [0.2, 0.25) is 0 Å². The van der Waals surface area contributed by atoms with Gasteiger partial charge in [-0.05, 0) is 30.6 Å². The van der Waals surface area contributed by atoms with Crippen molar-refractivity contribution in [3.63, 3.8) is 0 Å². The number of esters is 2. The zero-order valence-corrected chi connectivity index (χ0v) is 17.3. The van der Waals surface area contributed by atoms with Gasteiger partial charge in [-0.25, -0.2) is 9.59 Å². The molecular formula is C21H24N2O8. The Labute approximate surface area is 178 Å². The number of hydrogen-bond donors (Lipinski definition) is 1. The fourth-order valence-corrected chi connectivity index (χ4v) is 3.02. The van der Waals surface area contributed by atoms with Crippen LogP contribution in [0.1, 0.15) is 18.6 Å². The Kier molecular flexibility index (Phi) is 8.33. The maximum Gasteiger partial charge on any atom is 0.433 e. The van der Waals surface area contributed by atoms with E-state index in [1.54, 1.807) is 11.0 Å². The van der Waals surface area contributed by atoms with Crippen LogP contribution in [0.5, 0.6) is 0 Å². The topological polar surface area (TPSA) is 132 Å². The summed E-state index contributed by atoms with van der Waals surface area (Å²) in [4.78, 5) is 36.8. The Morgan fingerprint density at radius 3 is 2.52 bits per heavy atom. The van der Waals surface area contributed by atoms with Crippen molar-refractivity contribution in [2.24, 2.45) is 0 Å². The lowest BCUT2D eigenvalue weighted by Gasteiger charge is -2.28. The molecule has 1 unspecified atom stereocenters. The van der Waals surface area contributed by atoms with E-state index in [9.17, 15) is 24.8 Å². The van der Waals surface area contributed by atoms with Gasteiger partial charge in [-0.1, -0.05) is 12.2 Å². The number of furan rings is 1. The van der Waals surface area contributed by atoms with E-state index in [0.29, 0.717) is 18.4 Å². The van der Waals surface area contributed by atoms with E-state index in [2.05, 4.69) is 6.58 Å². The highest BCUT2D eigenvalue weighted by molar-refractivity contribution is 6.07. The van der Waals surface area contributed by atoms with Crippen LogP contribution in [0, 0.1) is 10.1 Å². The van der Waals surface area contributed by atoms with Crippen LogP contribution in [0.25, 0.3) is 0 Å². The summed E-state index contributed by atoms with van der Waals surface area (Å²) in [6, 6.07) is 2.24. The number of methoxy groups -OCH3 is 2. The van der Waals surface area contributed by atoms with E-state index in [-0.39, 0.29) is 30.1 Å². The fourth-order valence-electron chi connectivity index (χ4n) is 3.02. The van der Waals surface area contributed by atoms with Gasteiger partial charge in [0, 0.05) is 12.8 Å². The highest BCUT2D eigenvalue weighted by Gasteiger charge is 2.27. The van der Waals surface area contributed by atoms with Crippen LogP contribution < -0.4 is 0 Å². The first-order valence-electron chi connectivity index (χ1n) is 9.38. The highest BCUT2D eigenvalue weighted by atomic mass is 16.6. The van der Waals surface area contributed by atoms with Gasteiger partial charge in [-0.2, -0.15) is 0 Å². The molecule has 0 aliphatic carbocycles. The van der Waals surface area contributed by atoms with Crippen molar-refractivity contribution in [2.75, 3.05) is 20.8 Å². The zero-order valence-electron chi connectivity index (χ0n) is 17.3. The van der Waals surface area contributed by atoms with Crippen LogP contribution in [0.4, 0.5) is 5.88 Å². The molecule has 0 bridgehead atoms. The third-order valence-electron chi connectivity index (χ3n) is 4.52. The monoisotopic (exact) mass is 432 g/mol. The molecule has 0 spiro atoms. The van der Waals surface area contributed by atoms with Crippen LogP contribution >= 0.6 is 0 Å². The number of allylic oxidation sites excluding steroid dienone is 2. The maximum atomic E-state index is 12.5. The number of nitrogens with zero attached hydrogens (tertiary/aromatic N) is 2. The minimum absolute atomic E-state index is 0.0172. The third-order valence-corrected chi connectivity index (χ3v) is 4.52. The van der Waals surface area contributed by atoms with E-state index in [4.69, 9.17) is 13.9 Å². The average Bonchev–Trinajstić information content (AvgIpc) is 3.23. The Balaban J connectivity index is 2.60. The predicted molar refractivity (Wildman–Crippen MR) is 109 cm³/mol. The second-order valence-electron chi connectivity index (χ2n) is 6.55. The van der Waals surface area contributed by atoms with Gasteiger partial charge >= 0.3 is 17.8 Å². The summed E-state index contributed by atoms with van der Waals surface area (Å²) in [6.45, 7) is 3.81. The minimum Gasteiger partial charge on any atom is -0.465 e. The molecule has 0 aromatic carbocycles. The van der Waals surface area contributed by atoms with E-state index in [1.165, 1.54) is 38.6 Å². The average molecular weight is 432 g/mol. The van der Waals surface area contributed by atoms with E-state index < -0.39 is 28.8 Å². The fraction of sp³-hybridized carbons (Fsp3) is 0.333. The van der Waals surface area contributed by atoms with E-state index in [1.807, 2.05) is 6.08 Å². The summed E-state index contributed by atoms with van der Waals surface area (Å²) in [5.74, 6) is -1.65. The van der Waals surface area contributed by atoms with Gasteiger partial charge in [0.2, 0.25) is 0 Å². The normalized spacial score (nSPS) is 16.3. The van der Waals surface area contributed by atoms with Gasteiger partial charge in [0.05, 0.1) is 44.0 Å². The van der Waals surface area contributed by atoms with Crippen molar-refractivity contribution in [2.45, 2.75) is 25.4 Å². The number of aliphatic hydroxyl groups is 1. The lowest BCUT2D eigenvalue weighted by atomic mass is 9.97. The molecule has 0 saturated heterocycles. The molecule has 1 atom stereocenters. The first-order chi connectivity index (χ1) is 14.8. The number of ether oxygens (including phenoxy) is 2. The van der Waals surface area contributed by atoms with Crippen molar-refractivity contribution in [1.82, 2.24) is 4.90 Å². The quantitative estimate of drug-likeness (QED) is 0.270. The number of nitro groups is 1. The summed E-state index contributed by atoms with van der Waals surface area (Å²) < 4.78 is 14.9. The molecule has 0 saturated carbocycles. The second kappa shape index (κ2) is 10.9. The zero-order chi connectivity index (χ0) is 23.0. The van der Waals surface area contributed by atoms with Crippen molar-refractivity contribution in [1.29, 1.82) is 0 Å². The first-order valence-corrected chi connectivity index (χ1v) is 9.38. The molecule has 0 radical (unpaired) electrons. The molecule has 10 nitrogen and oxygen atoms in total. The molecular weight excluding hydrogens is 408 g/mol. The molecule has 10 heteroatoms. The maximum absolute atomic E-state index is 12.5. The summed E-state index contributed by atoms with van der Waals surface area (Å²) in [5.41, 5.74) is 0.595. The van der Waals surface area contributed by atoms with Gasteiger partial charge in [0.25, 0.3) is 0 Å². The van der Waals surface area contributed by atoms with Crippen LogP contribution in [-0.2, 0) is 25.6 Å². The Morgan fingerprint density at radius 1 is 1.29 bits per heavy atom. The molecule has 166 valence electrons.